The minimum Gasteiger partial charge on any atom is -0.348 e. The fourth-order valence-electron chi connectivity index (χ4n) is 1.66. The fourth-order valence-corrected chi connectivity index (χ4v) is 2.46. The van der Waals surface area contributed by atoms with Crippen LogP contribution in [0.2, 0.25) is 0 Å². The second-order valence-corrected chi connectivity index (χ2v) is 5.52. The van der Waals surface area contributed by atoms with Gasteiger partial charge < -0.3 is 5.32 Å². The lowest BCUT2D eigenvalue weighted by molar-refractivity contribution is 0.0951. The average Bonchev–Trinajstić information content (AvgIpc) is 2.46. The molecule has 4 heteroatoms. The highest BCUT2D eigenvalue weighted by Gasteiger charge is 2.06. The first-order valence-electron chi connectivity index (χ1n) is 5.87. The van der Waals surface area contributed by atoms with Crippen molar-refractivity contribution in [2.75, 3.05) is 0 Å². The van der Waals surface area contributed by atoms with Gasteiger partial charge in [-0.2, -0.15) is 0 Å². The molecule has 0 aliphatic carbocycles. The van der Waals surface area contributed by atoms with Crippen molar-refractivity contribution in [3.05, 3.63) is 69.7 Å². The number of alkyl halides is 1. The van der Waals surface area contributed by atoms with Gasteiger partial charge in [-0.1, -0.05) is 62.2 Å². The number of rotatable bonds is 4. The molecule has 0 aromatic heterocycles. The molecular weight excluding hydrogens is 370 g/mol. The SMILES string of the molecule is O=C(NCc1ccccc1Br)c1ccc(CBr)cc1. The summed E-state index contributed by atoms with van der Waals surface area (Å²) in [6.07, 6.45) is 0. The lowest BCUT2D eigenvalue weighted by Crippen LogP contribution is -2.22. The Balaban J connectivity index is 1.99. The van der Waals surface area contributed by atoms with Gasteiger partial charge in [0.25, 0.3) is 5.91 Å². The minimum atomic E-state index is -0.0584. The number of halogens is 2. The third-order valence-electron chi connectivity index (χ3n) is 2.77. The Bertz CT molecular complexity index is 567. The summed E-state index contributed by atoms with van der Waals surface area (Å²) in [4.78, 5) is 12.0. The largest absolute Gasteiger partial charge is 0.348 e. The summed E-state index contributed by atoms with van der Waals surface area (Å²) in [7, 11) is 0. The van der Waals surface area contributed by atoms with Crippen molar-refractivity contribution in [1.82, 2.24) is 5.32 Å². The van der Waals surface area contributed by atoms with Crippen LogP contribution in [0.4, 0.5) is 0 Å². The molecule has 0 saturated heterocycles. The molecule has 2 aromatic rings. The summed E-state index contributed by atoms with van der Waals surface area (Å²) < 4.78 is 1.00. The van der Waals surface area contributed by atoms with Gasteiger partial charge in [0.1, 0.15) is 0 Å². The first-order chi connectivity index (χ1) is 9.20. The van der Waals surface area contributed by atoms with E-state index in [9.17, 15) is 4.79 Å². The molecule has 0 heterocycles. The molecule has 0 bridgehead atoms. The Labute approximate surface area is 129 Å². The minimum absolute atomic E-state index is 0.0584. The second-order valence-electron chi connectivity index (χ2n) is 4.10. The molecule has 2 aromatic carbocycles. The van der Waals surface area contributed by atoms with E-state index in [1.807, 2.05) is 48.5 Å². The standard InChI is InChI=1S/C15H13Br2NO/c16-9-11-5-7-12(8-6-11)15(19)18-10-13-3-1-2-4-14(13)17/h1-8H,9-10H2,(H,18,19). The van der Waals surface area contributed by atoms with Gasteiger partial charge in [0.2, 0.25) is 0 Å². The van der Waals surface area contributed by atoms with Gasteiger partial charge in [0, 0.05) is 21.9 Å². The molecule has 1 amide bonds. The highest BCUT2D eigenvalue weighted by molar-refractivity contribution is 9.10. The number of hydrogen-bond donors (Lipinski definition) is 1. The van der Waals surface area contributed by atoms with Gasteiger partial charge in [-0.05, 0) is 29.3 Å². The van der Waals surface area contributed by atoms with Crippen LogP contribution in [-0.2, 0) is 11.9 Å². The van der Waals surface area contributed by atoms with Crippen molar-refractivity contribution >= 4 is 37.8 Å². The Morgan fingerprint density at radius 1 is 1.05 bits per heavy atom. The van der Waals surface area contributed by atoms with Crippen LogP contribution in [0, 0.1) is 0 Å². The third-order valence-corrected chi connectivity index (χ3v) is 4.19. The van der Waals surface area contributed by atoms with Crippen LogP contribution in [0.5, 0.6) is 0 Å². The number of hydrogen-bond acceptors (Lipinski definition) is 1. The molecule has 0 saturated carbocycles. The predicted octanol–water partition coefficient (Wildman–Crippen LogP) is 4.27. The quantitative estimate of drug-likeness (QED) is 0.786. The summed E-state index contributed by atoms with van der Waals surface area (Å²) in [6.45, 7) is 0.514. The number of carbonyl (C=O) groups is 1. The Kier molecular flexibility index (Phi) is 5.16. The highest BCUT2D eigenvalue weighted by atomic mass is 79.9. The maximum Gasteiger partial charge on any atom is 0.251 e. The monoisotopic (exact) mass is 381 g/mol. The van der Waals surface area contributed by atoms with Gasteiger partial charge in [0.05, 0.1) is 0 Å². The van der Waals surface area contributed by atoms with Crippen molar-refractivity contribution in [2.45, 2.75) is 11.9 Å². The predicted molar refractivity (Wildman–Crippen MR) is 84.4 cm³/mol. The summed E-state index contributed by atoms with van der Waals surface area (Å²) in [5.74, 6) is -0.0584. The first kappa shape index (κ1) is 14.3. The summed E-state index contributed by atoms with van der Waals surface area (Å²) in [6, 6.07) is 15.4. The van der Waals surface area contributed by atoms with Crippen LogP contribution >= 0.6 is 31.9 Å². The van der Waals surface area contributed by atoms with Crippen molar-refractivity contribution in [1.29, 1.82) is 0 Å². The molecule has 0 radical (unpaired) electrons. The van der Waals surface area contributed by atoms with Crippen LogP contribution < -0.4 is 5.32 Å². The summed E-state index contributed by atoms with van der Waals surface area (Å²) in [5, 5.41) is 3.71. The zero-order valence-corrected chi connectivity index (χ0v) is 13.4. The van der Waals surface area contributed by atoms with E-state index in [0.29, 0.717) is 12.1 Å². The fraction of sp³-hybridized carbons (Fsp3) is 0.133. The van der Waals surface area contributed by atoms with Crippen LogP contribution in [0.25, 0.3) is 0 Å². The maximum atomic E-state index is 12.0. The lowest BCUT2D eigenvalue weighted by atomic mass is 10.1. The van der Waals surface area contributed by atoms with Crippen molar-refractivity contribution < 1.29 is 4.79 Å². The van der Waals surface area contributed by atoms with Gasteiger partial charge in [-0.25, -0.2) is 0 Å². The Morgan fingerprint density at radius 3 is 2.37 bits per heavy atom. The van der Waals surface area contributed by atoms with E-state index in [4.69, 9.17) is 0 Å². The number of amides is 1. The van der Waals surface area contributed by atoms with E-state index in [1.54, 1.807) is 0 Å². The van der Waals surface area contributed by atoms with Gasteiger partial charge in [-0.15, -0.1) is 0 Å². The maximum absolute atomic E-state index is 12.0. The summed E-state index contributed by atoms with van der Waals surface area (Å²) >= 11 is 6.85. The number of nitrogens with one attached hydrogen (secondary N) is 1. The van der Waals surface area contributed by atoms with Crippen LogP contribution in [0.1, 0.15) is 21.5 Å². The van der Waals surface area contributed by atoms with Crippen molar-refractivity contribution in [2.24, 2.45) is 0 Å². The van der Waals surface area contributed by atoms with E-state index >= 15 is 0 Å². The lowest BCUT2D eigenvalue weighted by Gasteiger charge is -2.07. The van der Waals surface area contributed by atoms with E-state index in [0.717, 1.165) is 20.9 Å². The zero-order valence-electron chi connectivity index (χ0n) is 10.2. The molecule has 19 heavy (non-hydrogen) atoms. The van der Waals surface area contributed by atoms with Crippen LogP contribution in [0.15, 0.2) is 53.0 Å². The molecule has 2 rings (SSSR count). The van der Waals surface area contributed by atoms with E-state index in [-0.39, 0.29) is 5.91 Å². The number of carbonyl (C=O) groups excluding carboxylic acids is 1. The smallest absolute Gasteiger partial charge is 0.251 e. The molecular formula is C15H13Br2NO. The third kappa shape index (κ3) is 3.91. The molecule has 2 nitrogen and oxygen atoms in total. The van der Waals surface area contributed by atoms with Crippen LogP contribution in [0.3, 0.4) is 0 Å². The molecule has 0 aliphatic rings. The Hall–Kier alpha value is -1.13. The van der Waals surface area contributed by atoms with E-state index in [1.165, 1.54) is 0 Å². The molecule has 0 unspecified atom stereocenters. The number of benzene rings is 2. The second kappa shape index (κ2) is 6.87. The molecule has 0 aliphatic heterocycles. The molecule has 0 atom stereocenters. The van der Waals surface area contributed by atoms with E-state index in [2.05, 4.69) is 37.2 Å². The van der Waals surface area contributed by atoms with Gasteiger partial charge >= 0.3 is 0 Å². The van der Waals surface area contributed by atoms with Crippen molar-refractivity contribution in [3.8, 4) is 0 Å². The first-order valence-corrected chi connectivity index (χ1v) is 7.78. The van der Waals surface area contributed by atoms with Crippen molar-refractivity contribution in [3.63, 3.8) is 0 Å². The van der Waals surface area contributed by atoms with Gasteiger partial charge in [0.15, 0.2) is 0 Å². The highest BCUT2D eigenvalue weighted by Crippen LogP contribution is 2.15. The van der Waals surface area contributed by atoms with Crippen LogP contribution in [-0.4, -0.2) is 5.91 Å². The van der Waals surface area contributed by atoms with Gasteiger partial charge in [-0.3, -0.25) is 4.79 Å². The molecule has 0 spiro atoms. The molecule has 0 fully saturated rings. The average molecular weight is 383 g/mol. The Morgan fingerprint density at radius 2 is 1.74 bits per heavy atom. The normalized spacial score (nSPS) is 10.2. The summed E-state index contributed by atoms with van der Waals surface area (Å²) in [5.41, 5.74) is 2.90. The van der Waals surface area contributed by atoms with E-state index < -0.39 is 0 Å². The molecule has 98 valence electrons. The zero-order chi connectivity index (χ0) is 13.7. The molecule has 1 N–H and O–H groups in total. The topological polar surface area (TPSA) is 29.1 Å².